The third-order valence-corrected chi connectivity index (χ3v) is 2.48. The Morgan fingerprint density at radius 3 is 2.62 bits per heavy atom. The van der Waals surface area contributed by atoms with Crippen LogP contribution in [-0.2, 0) is 0 Å². The maximum atomic E-state index is 12.1. The number of rotatable bonds is 2. The van der Waals surface area contributed by atoms with Gasteiger partial charge in [-0.3, -0.25) is 9.59 Å². The number of pyridine rings is 1. The molecule has 0 fully saturated rings. The minimum atomic E-state index is -2.77. The van der Waals surface area contributed by atoms with Gasteiger partial charge in [-0.1, -0.05) is 0 Å². The third-order valence-electron chi connectivity index (χ3n) is 1.37. The van der Waals surface area contributed by atoms with Crippen molar-refractivity contribution in [1.29, 1.82) is 0 Å². The highest BCUT2D eigenvalue weighted by molar-refractivity contribution is 14.1. The zero-order valence-corrected chi connectivity index (χ0v) is 8.34. The SMILES string of the molecule is O=Cc1[nH]c(C(F)F)cc(=O)c1I. The van der Waals surface area contributed by atoms with Crippen LogP contribution in [-0.4, -0.2) is 11.3 Å². The number of H-pyrrole nitrogens is 1. The lowest BCUT2D eigenvalue weighted by Crippen LogP contribution is -2.12. The topological polar surface area (TPSA) is 49.9 Å². The average Bonchev–Trinajstić information content (AvgIpc) is 2.09. The predicted molar refractivity (Wildman–Crippen MR) is 50.1 cm³/mol. The van der Waals surface area contributed by atoms with Gasteiger partial charge >= 0.3 is 0 Å². The van der Waals surface area contributed by atoms with E-state index in [1.165, 1.54) is 0 Å². The maximum Gasteiger partial charge on any atom is 0.278 e. The van der Waals surface area contributed by atoms with Gasteiger partial charge in [0.2, 0.25) is 0 Å². The molecule has 0 atom stereocenters. The summed E-state index contributed by atoms with van der Waals surface area (Å²) in [5.74, 6) is 0. The highest BCUT2D eigenvalue weighted by Crippen LogP contribution is 2.15. The molecule has 1 N–H and O–H groups in total. The second-order valence-electron chi connectivity index (χ2n) is 2.24. The molecule has 0 aromatic carbocycles. The molecule has 1 rings (SSSR count). The lowest BCUT2D eigenvalue weighted by atomic mass is 10.3. The van der Waals surface area contributed by atoms with Crippen molar-refractivity contribution in [2.45, 2.75) is 6.43 Å². The van der Waals surface area contributed by atoms with Crippen LogP contribution in [0.1, 0.15) is 22.6 Å². The van der Waals surface area contributed by atoms with Gasteiger partial charge in [-0.25, -0.2) is 8.78 Å². The number of aromatic amines is 1. The Morgan fingerprint density at radius 2 is 2.15 bits per heavy atom. The summed E-state index contributed by atoms with van der Waals surface area (Å²) in [4.78, 5) is 23.5. The van der Waals surface area contributed by atoms with Gasteiger partial charge in [0.25, 0.3) is 6.43 Å². The van der Waals surface area contributed by atoms with Crippen LogP contribution >= 0.6 is 22.6 Å². The summed E-state index contributed by atoms with van der Waals surface area (Å²) >= 11 is 1.63. The summed E-state index contributed by atoms with van der Waals surface area (Å²) in [5.41, 5.74) is -1.22. The number of nitrogens with one attached hydrogen (secondary N) is 1. The van der Waals surface area contributed by atoms with Crippen LogP contribution in [0.3, 0.4) is 0 Å². The van der Waals surface area contributed by atoms with Crippen molar-refractivity contribution < 1.29 is 13.6 Å². The van der Waals surface area contributed by atoms with Crippen LogP contribution in [0.5, 0.6) is 0 Å². The Hall–Kier alpha value is -0.790. The van der Waals surface area contributed by atoms with E-state index in [9.17, 15) is 18.4 Å². The van der Waals surface area contributed by atoms with Gasteiger partial charge in [-0.15, -0.1) is 0 Å². The van der Waals surface area contributed by atoms with Crippen molar-refractivity contribution in [3.63, 3.8) is 0 Å². The van der Waals surface area contributed by atoms with E-state index in [4.69, 9.17) is 0 Å². The molecule has 1 heterocycles. The van der Waals surface area contributed by atoms with Gasteiger partial charge in [-0.05, 0) is 22.6 Å². The van der Waals surface area contributed by atoms with Crippen LogP contribution in [0.15, 0.2) is 10.9 Å². The van der Waals surface area contributed by atoms with Gasteiger partial charge in [0.1, 0.15) is 0 Å². The van der Waals surface area contributed by atoms with Crippen LogP contribution in [0.2, 0.25) is 0 Å². The highest BCUT2D eigenvalue weighted by atomic mass is 127. The number of hydrogen-bond acceptors (Lipinski definition) is 2. The van der Waals surface area contributed by atoms with Gasteiger partial charge < -0.3 is 4.98 Å². The van der Waals surface area contributed by atoms with Gasteiger partial charge in [0.15, 0.2) is 11.7 Å². The number of alkyl halides is 2. The summed E-state index contributed by atoms with van der Waals surface area (Å²) in [6, 6.07) is 0.791. The molecule has 0 saturated heterocycles. The highest BCUT2D eigenvalue weighted by Gasteiger charge is 2.12. The quantitative estimate of drug-likeness (QED) is 0.668. The number of halogens is 3. The first-order valence-electron chi connectivity index (χ1n) is 3.22. The molecule has 0 amide bonds. The van der Waals surface area contributed by atoms with Crippen LogP contribution in [0.25, 0.3) is 0 Å². The molecule has 0 aliphatic rings. The standard InChI is InChI=1S/C7H4F2INO2/c8-7(9)3-1-5(13)6(10)4(2-12)11-3/h1-2,7H,(H,11,13). The van der Waals surface area contributed by atoms with E-state index in [1.807, 2.05) is 0 Å². The molecule has 6 heteroatoms. The molecule has 0 unspecified atom stereocenters. The summed E-state index contributed by atoms with van der Waals surface area (Å²) in [7, 11) is 0. The van der Waals surface area contributed by atoms with Crippen LogP contribution in [0.4, 0.5) is 8.78 Å². The minimum Gasteiger partial charge on any atom is -0.350 e. The summed E-state index contributed by atoms with van der Waals surface area (Å²) in [6.45, 7) is 0. The molecule has 70 valence electrons. The van der Waals surface area contributed by atoms with E-state index in [0.717, 1.165) is 6.07 Å². The number of aldehydes is 1. The van der Waals surface area contributed by atoms with Crippen molar-refractivity contribution in [1.82, 2.24) is 4.98 Å². The lowest BCUT2D eigenvalue weighted by Gasteiger charge is -2.01. The summed E-state index contributed by atoms with van der Waals surface area (Å²) in [5, 5.41) is 0. The first kappa shape index (κ1) is 10.3. The van der Waals surface area contributed by atoms with E-state index in [0.29, 0.717) is 6.29 Å². The lowest BCUT2D eigenvalue weighted by molar-refractivity contribution is 0.111. The molecule has 3 nitrogen and oxygen atoms in total. The second kappa shape index (κ2) is 3.95. The van der Waals surface area contributed by atoms with Gasteiger partial charge in [-0.2, -0.15) is 0 Å². The molecular weight excluding hydrogens is 295 g/mol. The van der Waals surface area contributed by atoms with Crippen LogP contribution < -0.4 is 5.43 Å². The molecule has 0 aliphatic carbocycles. The van der Waals surface area contributed by atoms with E-state index < -0.39 is 17.5 Å². The molecule has 0 bridgehead atoms. The number of carbonyl (C=O) groups excluding carboxylic acids is 1. The number of hydrogen-bond donors (Lipinski definition) is 1. The Morgan fingerprint density at radius 1 is 1.54 bits per heavy atom. The molecule has 0 aliphatic heterocycles. The van der Waals surface area contributed by atoms with Crippen molar-refractivity contribution in [3.05, 3.63) is 31.2 Å². The van der Waals surface area contributed by atoms with Crippen LogP contribution in [0, 0.1) is 3.57 Å². The molecule has 0 spiro atoms. The van der Waals surface area contributed by atoms with Crippen molar-refractivity contribution >= 4 is 28.9 Å². The molecule has 0 radical (unpaired) electrons. The maximum absolute atomic E-state index is 12.1. The zero-order chi connectivity index (χ0) is 10.0. The minimum absolute atomic E-state index is 0.108. The predicted octanol–water partition coefficient (Wildman–Crippen LogP) is 1.73. The Kier molecular flexibility index (Phi) is 3.12. The largest absolute Gasteiger partial charge is 0.350 e. The van der Waals surface area contributed by atoms with E-state index >= 15 is 0 Å². The van der Waals surface area contributed by atoms with E-state index in [1.54, 1.807) is 22.6 Å². The Bertz CT molecular complexity index is 389. The first-order chi connectivity index (χ1) is 6.06. The van der Waals surface area contributed by atoms with E-state index in [-0.39, 0.29) is 9.26 Å². The third kappa shape index (κ3) is 2.11. The molecule has 0 saturated carbocycles. The Labute approximate surface area is 85.3 Å². The monoisotopic (exact) mass is 299 g/mol. The van der Waals surface area contributed by atoms with Crippen molar-refractivity contribution in [2.75, 3.05) is 0 Å². The average molecular weight is 299 g/mol. The molecule has 1 aromatic heterocycles. The first-order valence-corrected chi connectivity index (χ1v) is 4.30. The van der Waals surface area contributed by atoms with Crippen molar-refractivity contribution in [2.24, 2.45) is 0 Å². The second-order valence-corrected chi connectivity index (χ2v) is 3.31. The van der Waals surface area contributed by atoms with Gasteiger partial charge in [0, 0.05) is 6.07 Å². The summed E-state index contributed by atoms with van der Waals surface area (Å²) in [6.07, 6.45) is -2.43. The zero-order valence-electron chi connectivity index (χ0n) is 6.18. The fraction of sp³-hybridized carbons (Fsp3) is 0.143. The fourth-order valence-electron chi connectivity index (χ4n) is 0.783. The van der Waals surface area contributed by atoms with Crippen molar-refractivity contribution in [3.8, 4) is 0 Å². The summed E-state index contributed by atoms with van der Waals surface area (Å²) < 4.78 is 24.3. The van der Waals surface area contributed by atoms with Gasteiger partial charge in [0.05, 0.1) is 15.0 Å². The molecular formula is C7H4F2INO2. The number of aromatic nitrogens is 1. The smallest absolute Gasteiger partial charge is 0.278 e. The molecule has 1 aromatic rings. The normalized spacial score (nSPS) is 10.5. The number of carbonyl (C=O) groups is 1. The fourth-order valence-corrected chi connectivity index (χ4v) is 1.20. The van der Waals surface area contributed by atoms with E-state index in [2.05, 4.69) is 4.98 Å². The molecule has 13 heavy (non-hydrogen) atoms. The Balaban J connectivity index is 3.39.